The van der Waals surface area contributed by atoms with Gasteiger partial charge in [-0.1, -0.05) is 30.0 Å². The Morgan fingerprint density at radius 1 is 1.13 bits per heavy atom. The Morgan fingerprint density at radius 2 is 1.87 bits per heavy atom. The molecule has 0 saturated carbocycles. The molecule has 0 saturated heterocycles. The fraction of sp³-hybridized carbons (Fsp3) is 0. The molecule has 0 unspecified atom stereocenters. The molecule has 0 aliphatic rings. The van der Waals surface area contributed by atoms with Crippen LogP contribution in [0.15, 0.2) is 51.6 Å². The summed E-state index contributed by atoms with van der Waals surface area (Å²) in [5.41, 5.74) is 0. The lowest BCUT2D eigenvalue weighted by Gasteiger charge is -1.95. The minimum atomic E-state index is -0.861. The fourth-order valence-corrected chi connectivity index (χ4v) is 3.06. The maximum atomic E-state index is 10.7. The molecule has 0 aliphatic carbocycles. The molecule has 76 valence electrons. The van der Waals surface area contributed by atoms with Crippen molar-refractivity contribution in [3.05, 3.63) is 47.3 Å². The van der Waals surface area contributed by atoms with Crippen molar-refractivity contribution in [1.29, 1.82) is 0 Å². The molecular formula is C11H8O2S2. The average Bonchev–Trinajstić information content (AvgIpc) is 2.68. The van der Waals surface area contributed by atoms with Crippen molar-refractivity contribution in [2.45, 2.75) is 9.10 Å². The zero-order chi connectivity index (χ0) is 10.7. The van der Waals surface area contributed by atoms with E-state index in [1.54, 1.807) is 17.8 Å². The van der Waals surface area contributed by atoms with E-state index in [0.717, 1.165) is 9.10 Å². The van der Waals surface area contributed by atoms with Gasteiger partial charge in [0.2, 0.25) is 0 Å². The first-order valence-electron chi connectivity index (χ1n) is 4.32. The lowest BCUT2D eigenvalue weighted by atomic mass is 10.4. The van der Waals surface area contributed by atoms with Crippen LogP contribution >= 0.6 is 23.1 Å². The predicted octanol–water partition coefficient (Wildman–Crippen LogP) is 3.60. The van der Waals surface area contributed by atoms with Crippen LogP contribution in [0.4, 0.5) is 0 Å². The summed E-state index contributed by atoms with van der Waals surface area (Å²) in [6.07, 6.45) is 0. The van der Waals surface area contributed by atoms with Gasteiger partial charge >= 0.3 is 5.97 Å². The van der Waals surface area contributed by atoms with Crippen molar-refractivity contribution < 1.29 is 9.90 Å². The second-order valence-corrected chi connectivity index (χ2v) is 5.30. The van der Waals surface area contributed by atoms with Crippen LogP contribution in [0.25, 0.3) is 0 Å². The monoisotopic (exact) mass is 236 g/mol. The SMILES string of the molecule is O=C(O)c1ccc(Sc2ccccc2)s1. The largest absolute Gasteiger partial charge is 0.477 e. The molecule has 2 rings (SSSR count). The molecule has 0 radical (unpaired) electrons. The zero-order valence-electron chi connectivity index (χ0n) is 7.71. The number of aromatic carboxylic acids is 1. The zero-order valence-corrected chi connectivity index (χ0v) is 9.35. The lowest BCUT2D eigenvalue weighted by Crippen LogP contribution is -1.89. The molecule has 0 fully saturated rings. The van der Waals surface area contributed by atoms with Gasteiger partial charge < -0.3 is 5.11 Å². The van der Waals surface area contributed by atoms with Gasteiger partial charge in [-0.2, -0.15) is 0 Å². The Hall–Kier alpha value is -1.26. The van der Waals surface area contributed by atoms with Crippen molar-refractivity contribution in [3.8, 4) is 0 Å². The second-order valence-electron chi connectivity index (χ2n) is 2.84. The molecule has 0 atom stereocenters. The van der Waals surface area contributed by atoms with E-state index in [4.69, 9.17) is 5.11 Å². The van der Waals surface area contributed by atoms with Crippen molar-refractivity contribution in [3.63, 3.8) is 0 Å². The summed E-state index contributed by atoms with van der Waals surface area (Å²) in [7, 11) is 0. The highest BCUT2D eigenvalue weighted by molar-refractivity contribution is 8.01. The van der Waals surface area contributed by atoms with Crippen LogP contribution in [0.1, 0.15) is 9.67 Å². The highest BCUT2D eigenvalue weighted by Gasteiger charge is 2.07. The highest BCUT2D eigenvalue weighted by atomic mass is 32.2. The molecular weight excluding hydrogens is 228 g/mol. The lowest BCUT2D eigenvalue weighted by molar-refractivity contribution is 0.0702. The van der Waals surface area contributed by atoms with Crippen molar-refractivity contribution >= 4 is 29.1 Å². The number of hydrogen-bond acceptors (Lipinski definition) is 3. The van der Waals surface area contributed by atoms with E-state index in [1.165, 1.54) is 11.3 Å². The third-order valence-electron chi connectivity index (χ3n) is 1.75. The maximum Gasteiger partial charge on any atom is 0.345 e. The first-order chi connectivity index (χ1) is 7.25. The Balaban J connectivity index is 2.15. The molecule has 0 aliphatic heterocycles. The van der Waals surface area contributed by atoms with Crippen molar-refractivity contribution in [2.24, 2.45) is 0 Å². The third kappa shape index (κ3) is 2.61. The van der Waals surface area contributed by atoms with Gasteiger partial charge in [-0.25, -0.2) is 4.79 Å². The van der Waals surface area contributed by atoms with E-state index in [-0.39, 0.29) is 0 Å². The summed E-state index contributed by atoms with van der Waals surface area (Å²) in [5.74, 6) is -0.861. The summed E-state index contributed by atoms with van der Waals surface area (Å²) in [6.45, 7) is 0. The van der Waals surface area contributed by atoms with Gasteiger partial charge in [-0.3, -0.25) is 0 Å². The quantitative estimate of drug-likeness (QED) is 0.884. The van der Waals surface area contributed by atoms with E-state index >= 15 is 0 Å². The van der Waals surface area contributed by atoms with Gasteiger partial charge in [-0.05, 0) is 24.3 Å². The topological polar surface area (TPSA) is 37.3 Å². The van der Waals surface area contributed by atoms with Gasteiger partial charge in [0.05, 0.1) is 4.21 Å². The molecule has 0 amide bonds. The van der Waals surface area contributed by atoms with E-state index in [0.29, 0.717) is 4.88 Å². The molecule has 1 heterocycles. The third-order valence-corrected chi connectivity index (χ3v) is 3.97. The molecule has 15 heavy (non-hydrogen) atoms. The molecule has 0 bridgehead atoms. The molecule has 0 spiro atoms. The van der Waals surface area contributed by atoms with Gasteiger partial charge in [0, 0.05) is 4.90 Å². The second kappa shape index (κ2) is 4.51. The van der Waals surface area contributed by atoms with Crippen molar-refractivity contribution in [2.75, 3.05) is 0 Å². The normalized spacial score (nSPS) is 10.1. The molecule has 2 aromatic rings. The van der Waals surface area contributed by atoms with Crippen LogP contribution in [-0.4, -0.2) is 11.1 Å². The van der Waals surface area contributed by atoms with Crippen LogP contribution < -0.4 is 0 Å². The number of carbonyl (C=O) groups is 1. The number of carboxylic acid groups (broad SMARTS) is 1. The number of hydrogen-bond donors (Lipinski definition) is 1. The molecule has 1 aromatic carbocycles. The minimum absolute atomic E-state index is 0.383. The Bertz CT molecular complexity index is 462. The van der Waals surface area contributed by atoms with E-state index in [9.17, 15) is 4.79 Å². The number of rotatable bonds is 3. The van der Waals surface area contributed by atoms with E-state index < -0.39 is 5.97 Å². The number of thiophene rings is 1. The Morgan fingerprint density at radius 3 is 2.47 bits per heavy atom. The van der Waals surface area contributed by atoms with Crippen LogP contribution in [0.3, 0.4) is 0 Å². The van der Waals surface area contributed by atoms with Crippen LogP contribution in [-0.2, 0) is 0 Å². The van der Waals surface area contributed by atoms with Crippen LogP contribution in [0, 0.1) is 0 Å². The van der Waals surface area contributed by atoms with Gasteiger partial charge in [0.1, 0.15) is 4.88 Å². The standard InChI is InChI=1S/C11H8O2S2/c12-11(13)9-6-7-10(15-9)14-8-4-2-1-3-5-8/h1-7H,(H,12,13). The summed E-state index contributed by atoms with van der Waals surface area (Å²) < 4.78 is 0.999. The van der Waals surface area contributed by atoms with E-state index in [2.05, 4.69) is 0 Å². The van der Waals surface area contributed by atoms with E-state index in [1.807, 2.05) is 36.4 Å². The molecule has 1 aromatic heterocycles. The number of carboxylic acids is 1. The molecule has 4 heteroatoms. The first-order valence-corrected chi connectivity index (χ1v) is 5.95. The highest BCUT2D eigenvalue weighted by Crippen LogP contribution is 2.33. The fourth-order valence-electron chi connectivity index (χ4n) is 1.09. The molecule has 1 N–H and O–H groups in total. The predicted molar refractivity (Wildman–Crippen MR) is 61.8 cm³/mol. The maximum absolute atomic E-state index is 10.7. The van der Waals surface area contributed by atoms with Gasteiger partial charge in [0.15, 0.2) is 0 Å². The van der Waals surface area contributed by atoms with Crippen LogP contribution in [0.2, 0.25) is 0 Å². The summed E-state index contributed by atoms with van der Waals surface area (Å²) >= 11 is 2.88. The smallest absolute Gasteiger partial charge is 0.345 e. The summed E-state index contributed by atoms with van der Waals surface area (Å²) in [6, 6.07) is 13.4. The minimum Gasteiger partial charge on any atom is -0.477 e. The van der Waals surface area contributed by atoms with Crippen LogP contribution in [0.5, 0.6) is 0 Å². The van der Waals surface area contributed by atoms with Gasteiger partial charge in [-0.15, -0.1) is 11.3 Å². The Labute approximate surface area is 95.6 Å². The summed E-state index contributed by atoms with van der Waals surface area (Å²) in [5, 5.41) is 8.77. The van der Waals surface area contributed by atoms with Gasteiger partial charge in [0.25, 0.3) is 0 Å². The van der Waals surface area contributed by atoms with Crippen molar-refractivity contribution in [1.82, 2.24) is 0 Å². The number of benzene rings is 1. The average molecular weight is 236 g/mol. The Kier molecular flexibility index (Phi) is 3.08. The molecule has 2 nitrogen and oxygen atoms in total. The first kappa shape index (κ1) is 10.3. The summed E-state index contributed by atoms with van der Waals surface area (Å²) in [4.78, 5) is 12.2.